The molecule has 5 aliphatic rings. The Morgan fingerprint density at radius 1 is 0.431 bits per heavy atom. The van der Waals surface area contributed by atoms with Crippen LogP contribution < -0.4 is 81.8 Å². The molecule has 0 bridgehead atoms. The number of aliphatic hydroxyl groups excluding tert-OH is 1. The predicted octanol–water partition coefficient (Wildman–Crippen LogP) is 13.6. The van der Waals surface area contributed by atoms with Gasteiger partial charge in [0.05, 0.1) is 75.4 Å². The van der Waals surface area contributed by atoms with Gasteiger partial charge in [0.25, 0.3) is 0 Å². The fraction of sp³-hybridized carbons (Fsp3) is 0.487. The number of anilines is 12. The number of thiazole rings is 12. The van der Waals surface area contributed by atoms with Crippen LogP contribution in [-0.4, -0.2) is 212 Å². The van der Waals surface area contributed by atoms with Crippen LogP contribution in [0.1, 0.15) is 177 Å². The molecule has 5 aliphatic heterocycles. The van der Waals surface area contributed by atoms with Crippen molar-refractivity contribution in [2.45, 2.75) is 174 Å². The number of hydrogen-bond donors (Lipinski definition) is 9. The number of Topliss-reactive ketones (excluding diaryl/α,β-unsaturated/α-hetero) is 3. The molecule has 5 fully saturated rings. The van der Waals surface area contributed by atoms with Gasteiger partial charge in [-0.3, -0.25) is 19.2 Å². The van der Waals surface area contributed by atoms with Gasteiger partial charge in [0.15, 0.2) is 103 Å². The van der Waals surface area contributed by atoms with E-state index in [4.69, 9.17) is 47.9 Å². The van der Waals surface area contributed by atoms with Crippen molar-refractivity contribution < 1.29 is 90.7 Å². The van der Waals surface area contributed by atoms with Crippen LogP contribution in [0.15, 0.2) is 95.9 Å². The molecule has 17 rings (SSSR count). The van der Waals surface area contributed by atoms with E-state index in [0.717, 1.165) is 173 Å². The van der Waals surface area contributed by atoms with Gasteiger partial charge in [-0.15, -0.1) is 91.8 Å². The molecule has 0 saturated carbocycles. The SMILES string of the molecule is CC(=O)c1cnc(N(C)C2CCCCO2)s1.CC(=O)c1cnc(N)s1.CC(=O)c1cnc(NC2CCCCO2)s1.CN(c1ncc(C=O)s1)C1CCCCO1.CN(c1ncc(CNc2nccs2)s1)C1CCCCO1.CN(c1ncc(CO)s1)C1CCCCO1.CNc1ncc(CNc2nccs2)s1.CNc1ncc(CNc2nccs2)s1.Cl.Nc1nccs1.[AlH3].[H-].[Li+].[O]=[Mn]=[O]. The van der Waals surface area contributed by atoms with E-state index >= 15 is 0 Å². The van der Waals surface area contributed by atoms with Crippen LogP contribution in [0.25, 0.3) is 0 Å². The maximum atomic E-state index is 11.2. The Labute approximate surface area is 841 Å². The standard InChI is InChI=1S/C13H18N4OS2.C11H16N2O2S.C10H16N2O2S.2C10H14N2O2S.2C8H10N4S2.C5H6N2OS.C3H4N2S.Al.ClH.Li.Mn.2O.4H/c1-17(11-4-2-3-6-18-11)13-16-9-10(20-13)8-15-12-14-5-7-19-12;1-8(14)9-7-12-11(16-9)13(2)10-5-3-4-6-15-10;2*1-12(9-4-2-3-5-14-9)10-11-6-8(7-13)15-10;1-7(13)8-6-11-10(15-8)12-9-4-2-3-5-14-9;2*1-9-7-11-4-6(14-7)5-12-8-10-2-3-13-8;1-3(8)4-2-7-5(6)9-4;4-3-5-1-2-6-3;;;;;;;;;;/h5,7,9,11H,2-4,6,8H2,1H3,(H,14,15);7,10H,3-6H2,1-2H3;6,9,13H,2-5,7H2,1H3;6-7,9H,2-5H2,1H3;6,9H,2-5H2,1H3,(H,11,12);2*2-4H,5H2,1H3,(H,9,11)(H,10,12);2H,1H3,(H2,6,7);1-2H,(H2,4,5);;1H;;;;;;;;/q;;;;;;;;;;;+1;;;;;;;-1. The second-order valence-corrected chi connectivity index (χ2v) is 39.7. The van der Waals surface area contributed by atoms with E-state index in [-0.39, 0.29) is 105 Å². The number of carbonyl (C=O) groups excluding carboxylic acids is 4. The minimum absolute atomic E-state index is 0. The second kappa shape index (κ2) is 64.9. The number of carbonyl (C=O) groups is 4. The maximum absolute atomic E-state index is 11.2. The summed E-state index contributed by atoms with van der Waals surface area (Å²) in [4.78, 5) is 108. The summed E-state index contributed by atoms with van der Waals surface area (Å²) in [5.41, 5.74) is 10.5. The van der Waals surface area contributed by atoms with Crippen LogP contribution in [0.5, 0.6) is 0 Å². The number of aromatic nitrogens is 12. The van der Waals surface area contributed by atoms with Gasteiger partial charge in [-0.05, 0) is 96.3 Å². The summed E-state index contributed by atoms with van der Waals surface area (Å²) >= 11 is 16.8. The average Bonchev–Trinajstić information content (AvgIpc) is 1.69. The van der Waals surface area contributed by atoms with E-state index in [2.05, 4.69) is 109 Å². The third kappa shape index (κ3) is 42.0. The van der Waals surface area contributed by atoms with Crippen LogP contribution >= 0.6 is 148 Å². The van der Waals surface area contributed by atoms with Gasteiger partial charge in [0.2, 0.25) is 0 Å². The minimum atomic E-state index is -1.44. The number of aliphatic hydroxyl groups is 1. The molecule has 0 aromatic carbocycles. The Hall–Kier alpha value is -6.86. The molecular weight excluding hydrogens is 1970 g/mol. The first kappa shape index (κ1) is 114. The van der Waals surface area contributed by atoms with Crippen LogP contribution in [-0.2, 0) is 72.4 Å². The molecule has 0 spiro atoms. The Morgan fingerprint density at radius 3 is 1.08 bits per heavy atom. The first-order chi connectivity index (χ1) is 61.6. The molecule has 36 nitrogen and oxygen atoms in total. The number of nitrogens with one attached hydrogen (secondary N) is 6. The van der Waals surface area contributed by atoms with Gasteiger partial charge in [-0.25, -0.2) is 59.8 Å². The number of aldehydes is 1. The number of rotatable bonds is 26. The predicted molar refractivity (Wildman–Crippen MR) is 531 cm³/mol. The molecule has 12 aromatic heterocycles. The number of nitrogen functional groups attached to an aromatic ring is 2. The first-order valence-corrected chi connectivity index (χ1v) is 51.2. The zero-order valence-electron chi connectivity index (χ0n) is 74.1. The number of hydrogen-bond acceptors (Lipinski definition) is 48. The van der Waals surface area contributed by atoms with Crippen LogP contribution in [0.3, 0.4) is 0 Å². The molecule has 0 amide bonds. The van der Waals surface area contributed by atoms with Crippen molar-refractivity contribution in [2.75, 3.05) is 138 Å². The number of nitrogens with zero attached hydrogens (tertiary/aromatic N) is 16. The number of halogens is 1. The van der Waals surface area contributed by atoms with Gasteiger partial charge in [0, 0.05) is 182 Å². The van der Waals surface area contributed by atoms with E-state index < -0.39 is 14.8 Å². The van der Waals surface area contributed by atoms with Crippen molar-refractivity contribution in [3.05, 3.63) is 135 Å². The van der Waals surface area contributed by atoms with Crippen LogP contribution in [0, 0.1) is 0 Å². The van der Waals surface area contributed by atoms with Gasteiger partial charge in [-0.2, -0.15) is 0 Å². The molecule has 5 saturated heterocycles. The molecule has 5 atom stereocenters. The number of nitrogens with two attached hydrogens (primary N) is 2. The van der Waals surface area contributed by atoms with Crippen LogP contribution in [0.2, 0.25) is 0 Å². The van der Waals surface area contributed by atoms with E-state index in [1.165, 1.54) is 134 Å². The zero-order valence-corrected chi connectivity index (χ0v) is 84.9. The molecular formula is C78H113AlClLiMnN24O12S12. The quantitative estimate of drug-likeness (QED) is 0.0138. The molecule has 707 valence electrons. The summed E-state index contributed by atoms with van der Waals surface area (Å²) in [5, 5.41) is 45.9. The summed E-state index contributed by atoms with van der Waals surface area (Å²) in [5.74, 6) is 0.149. The normalized spacial score (nSPS) is 16.2. The molecule has 0 aliphatic carbocycles. The third-order valence-corrected chi connectivity index (χ3v) is 29.1. The molecule has 130 heavy (non-hydrogen) atoms. The third-order valence-electron chi connectivity index (χ3n) is 18.0. The van der Waals surface area contributed by atoms with Crippen molar-refractivity contribution in [3.63, 3.8) is 0 Å². The molecule has 11 N–H and O–H groups in total. The topological polar surface area (TPSA) is 461 Å². The Balaban J connectivity index is 0.000000309. The monoisotopic (exact) mass is 2090 g/mol. The zero-order chi connectivity index (χ0) is 90.9. The van der Waals surface area contributed by atoms with E-state index in [1.807, 2.05) is 85.1 Å². The Morgan fingerprint density at radius 2 is 0.777 bits per heavy atom. The molecule has 12 aromatic rings. The molecule has 17 heterocycles. The summed E-state index contributed by atoms with van der Waals surface area (Å²) < 4.78 is 45.1. The van der Waals surface area contributed by atoms with Crippen molar-refractivity contribution >= 4 is 251 Å². The number of ketones is 3. The second-order valence-electron chi connectivity index (χ2n) is 27.3. The average molecular weight is 2090 g/mol. The van der Waals surface area contributed by atoms with Gasteiger partial charge in [0.1, 0.15) is 31.1 Å². The van der Waals surface area contributed by atoms with Crippen molar-refractivity contribution in [2.24, 2.45) is 0 Å². The van der Waals surface area contributed by atoms with E-state index in [1.54, 1.807) is 131 Å². The first-order valence-electron chi connectivity index (χ1n) is 40.2. The Bertz CT molecular complexity index is 4950. The fourth-order valence-corrected chi connectivity index (χ4v) is 19.3. The van der Waals surface area contributed by atoms with E-state index in [0.29, 0.717) is 29.8 Å². The summed E-state index contributed by atoms with van der Waals surface area (Å²) in [6, 6.07) is 0. The summed E-state index contributed by atoms with van der Waals surface area (Å²) in [6.07, 6.45) is 39.2. The van der Waals surface area contributed by atoms with Gasteiger partial charge < -0.3 is 93.2 Å². The van der Waals surface area contributed by atoms with Crippen molar-refractivity contribution in [1.82, 2.24) is 59.8 Å². The molecule has 52 heteroatoms. The van der Waals surface area contributed by atoms with Gasteiger partial charge >= 0.3 is 41.4 Å². The summed E-state index contributed by atoms with van der Waals surface area (Å²) in [7, 11) is 11.7. The summed E-state index contributed by atoms with van der Waals surface area (Å²) in [6.45, 7) is 11.2. The van der Waals surface area contributed by atoms with Crippen LogP contribution in [0.4, 0.5) is 61.6 Å². The van der Waals surface area contributed by atoms with E-state index in [9.17, 15) is 19.2 Å². The van der Waals surface area contributed by atoms with Gasteiger partial charge in [-0.1, -0.05) is 56.7 Å². The Kier molecular flexibility index (Phi) is 56.8. The molecule has 5 unspecified atom stereocenters. The van der Waals surface area contributed by atoms with Crippen molar-refractivity contribution in [3.8, 4) is 0 Å². The molecule has 0 radical (unpaired) electrons. The van der Waals surface area contributed by atoms with Crippen molar-refractivity contribution in [1.29, 1.82) is 0 Å². The fourth-order valence-electron chi connectivity index (χ4n) is 11.4. The number of ether oxygens (including phenoxy) is 5.